The molecule has 5 nitrogen and oxygen atoms in total. The average molecular weight is 475 g/mol. The summed E-state index contributed by atoms with van der Waals surface area (Å²) in [7, 11) is -4.10. The molecular formula is C24H24ClFN2O3S. The lowest BCUT2D eigenvalue weighted by molar-refractivity contribution is -0.120. The lowest BCUT2D eigenvalue weighted by atomic mass is 10.0. The lowest BCUT2D eigenvalue weighted by Gasteiger charge is -2.26. The Morgan fingerprint density at radius 1 is 1.06 bits per heavy atom. The van der Waals surface area contributed by atoms with Gasteiger partial charge in [0, 0.05) is 0 Å². The van der Waals surface area contributed by atoms with Crippen LogP contribution in [0.25, 0.3) is 0 Å². The van der Waals surface area contributed by atoms with Crippen molar-refractivity contribution in [1.29, 1.82) is 0 Å². The lowest BCUT2D eigenvalue weighted by Crippen LogP contribution is -2.42. The largest absolute Gasteiger partial charge is 0.348 e. The van der Waals surface area contributed by atoms with E-state index in [1.54, 1.807) is 18.2 Å². The number of benzene rings is 3. The highest BCUT2D eigenvalue weighted by Gasteiger charge is 2.28. The van der Waals surface area contributed by atoms with Crippen molar-refractivity contribution in [3.63, 3.8) is 0 Å². The summed E-state index contributed by atoms with van der Waals surface area (Å²) < 4.78 is 41.3. The van der Waals surface area contributed by atoms with Gasteiger partial charge >= 0.3 is 0 Å². The van der Waals surface area contributed by atoms with Crippen molar-refractivity contribution in [3.8, 4) is 0 Å². The van der Waals surface area contributed by atoms with Crippen molar-refractivity contribution in [2.45, 2.75) is 31.2 Å². The van der Waals surface area contributed by atoms with E-state index in [2.05, 4.69) is 5.32 Å². The molecular weight excluding hydrogens is 451 g/mol. The van der Waals surface area contributed by atoms with Crippen LogP contribution in [-0.2, 0) is 14.8 Å². The molecule has 3 aromatic carbocycles. The molecule has 0 aliphatic rings. The molecule has 0 radical (unpaired) electrons. The van der Waals surface area contributed by atoms with Crippen LogP contribution in [0.4, 0.5) is 10.1 Å². The zero-order valence-corrected chi connectivity index (χ0v) is 19.3. The molecule has 0 aliphatic carbocycles. The first-order valence-corrected chi connectivity index (χ1v) is 11.9. The molecule has 1 amide bonds. The molecule has 32 heavy (non-hydrogen) atoms. The van der Waals surface area contributed by atoms with Crippen LogP contribution in [0, 0.1) is 12.7 Å². The van der Waals surface area contributed by atoms with Gasteiger partial charge in [-0.2, -0.15) is 0 Å². The Labute approximate surface area is 192 Å². The van der Waals surface area contributed by atoms with Gasteiger partial charge in [-0.05, 0) is 49.2 Å². The molecule has 0 fully saturated rings. The van der Waals surface area contributed by atoms with Crippen molar-refractivity contribution in [1.82, 2.24) is 5.32 Å². The van der Waals surface area contributed by atoms with E-state index in [4.69, 9.17) is 11.6 Å². The predicted octanol–water partition coefficient (Wildman–Crippen LogP) is 5.25. The first kappa shape index (κ1) is 23.8. The van der Waals surface area contributed by atoms with E-state index in [0.717, 1.165) is 21.5 Å². The molecule has 0 aliphatic heterocycles. The second-order valence-electron chi connectivity index (χ2n) is 7.36. The number of aryl methyl sites for hydroxylation is 1. The molecule has 0 aromatic heterocycles. The van der Waals surface area contributed by atoms with Gasteiger partial charge in [-0.15, -0.1) is 0 Å². The molecule has 0 saturated carbocycles. The second-order valence-corrected chi connectivity index (χ2v) is 9.63. The Bertz CT molecular complexity index is 1190. The van der Waals surface area contributed by atoms with E-state index in [1.165, 1.54) is 24.3 Å². The predicted molar refractivity (Wildman–Crippen MR) is 125 cm³/mol. The topological polar surface area (TPSA) is 66.5 Å². The van der Waals surface area contributed by atoms with E-state index in [-0.39, 0.29) is 21.6 Å². The highest BCUT2D eigenvalue weighted by Crippen LogP contribution is 2.28. The van der Waals surface area contributed by atoms with Crippen molar-refractivity contribution in [2.24, 2.45) is 0 Å². The van der Waals surface area contributed by atoms with Crippen molar-refractivity contribution in [3.05, 3.63) is 94.8 Å². The number of nitrogens with one attached hydrogen (secondary N) is 1. The quantitative estimate of drug-likeness (QED) is 0.485. The van der Waals surface area contributed by atoms with Gasteiger partial charge in [-0.3, -0.25) is 9.10 Å². The van der Waals surface area contributed by atoms with Gasteiger partial charge in [0.05, 0.1) is 21.6 Å². The number of rotatable bonds is 8. The van der Waals surface area contributed by atoms with Crippen molar-refractivity contribution in [2.75, 3.05) is 10.8 Å². The summed E-state index contributed by atoms with van der Waals surface area (Å²) in [5.74, 6) is -1.17. The molecule has 168 valence electrons. The van der Waals surface area contributed by atoms with Crippen LogP contribution in [0.2, 0.25) is 5.02 Å². The highest BCUT2D eigenvalue weighted by atomic mass is 35.5. The summed E-state index contributed by atoms with van der Waals surface area (Å²) in [5, 5.41) is 2.67. The van der Waals surface area contributed by atoms with E-state index < -0.39 is 28.3 Å². The van der Waals surface area contributed by atoms with E-state index in [9.17, 15) is 17.6 Å². The van der Waals surface area contributed by atoms with Gasteiger partial charge in [0.2, 0.25) is 5.91 Å². The number of hydrogen-bond donors (Lipinski definition) is 1. The number of carbonyl (C=O) groups is 1. The summed E-state index contributed by atoms with van der Waals surface area (Å²) in [5.41, 5.74) is 2.12. The van der Waals surface area contributed by atoms with Crippen molar-refractivity contribution >= 4 is 33.2 Å². The summed E-state index contributed by atoms with van der Waals surface area (Å²) in [6.07, 6.45) is 0.628. The molecule has 3 aromatic rings. The Balaban J connectivity index is 1.92. The number of hydrogen-bond acceptors (Lipinski definition) is 3. The molecule has 0 bridgehead atoms. The molecule has 0 heterocycles. The maximum absolute atomic E-state index is 13.7. The first-order chi connectivity index (χ1) is 15.2. The van der Waals surface area contributed by atoms with Crippen LogP contribution in [0.5, 0.6) is 0 Å². The summed E-state index contributed by atoms with van der Waals surface area (Å²) >= 11 is 5.89. The number of amides is 1. The summed E-state index contributed by atoms with van der Waals surface area (Å²) in [6.45, 7) is 3.42. The fourth-order valence-corrected chi connectivity index (χ4v) is 4.87. The minimum atomic E-state index is -4.10. The Morgan fingerprint density at radius 3 is 2.31 bits per heavy atom. The first-order valence-electron chi connectivity index (χ1n) is 10.1. The zero-order valence-electron chi connectivity index (χ0n) is 17.8. The molecule has 0 unspecified atom stereocenters. The van der Waals surface area contributed by atoms with Gasteiger partial charge in [-0.25, -0.2) is 12.8 Å². The summed E-state index contributed by atoms with van der Waals surface area (Å²) in [4.78, 5) is 13.0. The molecule has 1 atom stereocenters. The van der Waals surface area contributed by atoms with Crippen LogP contribution < -0.4 is 9.62 Å². The van der Waals surface area contributed by atoms with E-state index >= 15 is 0 Å². The van der Waals surface area contributed by atoms with Crippen LogP contribution >= 0.6 is 11.6 Å². The fourth-order valence-electron chi connectivity index (χ4n) is 3.27. The third-order valence-corrected chi connectivity index (χ3v) is 7.11. The summed E-state index contributed by atoms with van der Waals surface area (Å²) in [6, 6.07) is 18.8. The van der Waals surface area contributed by atoms with Crippen molar-refractivity contribution < 1.29 is 17.6 Å². The van der Waals surface area contributed by atoms with Crippen LogP contribution in [0.1, 0.15) is 30.5 Å². The Morgan fingerprint density at radius 2 is 1.72 bits per heavy atom. The number of anilines is 1. The third-order valence-electron chi connectivity index (χ3n) is 5.03. The SMILES string of the molecule is CC[C@@H](NC(=O)CN(c1ccc(F)c(Cl)c1)S(=O)(=O)c1ccccc1)c1ccc(C)cc1. The molecule has 8 heteroatoms. The van der Waals surface area contributed by atoms with Gasteiger partial charge in [-0.1, -0.05) is 66.6 Å². The van der Waals surface area contributed by atoms with Crippen LogP contribution in [0.3, 0.4) is 0 Å². The average Bonchev–Trinajstić information content (AvgIpc) is 2.79. The molecule has 0 spiro atoms. The van der Waals surface area contributed by atoms with Gasteiger partial charge in [0.1, 0.15) is 12.4 Å². The Kier molecular flexibility index (Phi) is 7.53. The fraction of sp³-hybridized carbons (Fsp3) is 0.208. The molecule has 3 rings (SSSR count). The van der Waals surface area contributed by atoms with Crippen LogP contribution in [-0.4, -0.2) is 20.9 Å². The minimum absolute atomic E-state index is 0.0128. The Hall–Kier alpha value is -2.90. The minimum Gasteiger partial charge on any atom is -0.348 e. The zero-order chi connectivity index (χ0) is 23.3. The van der Waals surface area contributed by atoms with E-state index in [1.807, 2.05) is 38.1 Å². The number of nitrogens with zero attached hydrogens (tertiary/aromatic N) is 1. The van der Waals surface area contributed by atoms with Crippen LogP contribution in [0.15, 0.2) is 77.7 Å². The van der Waals surface area contributed by atoms with E-state index in [0.29, 0.717) is 6.42 Å². The number of halogens is 2. The number of carbonyl (C=O) groups excluding carboxylic acids is 1. The molecule has 0 saturated heterocycles. The van der Waals surface area contributed by atoms with Gasteiger partial charge in [0.25, 0.3) is 10.0 Å². The standard InChI is InChI=1S/C24H24ClFN2O3S/c1-3-23(18-11-9-17(2)10-12-18)27-24(29)16-28(19-13-14-22(26)21(25)15-19)32(30,31)20-7-5-4-6-8-20/h4-15,23H,3,16H2,1-2H3,(H,27,29)/t23-/m1/s1. The maximum Gasteiger partial charge on any atom is 0.264 e. The highest BCUT2D eigenvalue weighted by molar-refractivity contribution is 7.92. The smallest absolute Gasteiger partial charge is 0.264 e. The monoisotopic (exact) mass is 474 g/mol. The maximum atomic E-state index is 13.7. The third kappa shape index (κ3) is 5.47. The second kappa shape index (κ2) is 10.1. The van der Waals surface area contributed by atoms with Gasteiger partial charge in [0.15, 0.2) is 0 Å². The normalized spacial score (nSPS) is 12.2. The number of sulfonamides is 1. The molecule has 1 N–H and O–H groups in total. The van der Waals surface area contributed by atoms with Gasteiger partial charge < -0.3 is 5.32 Å².